The zero-order valence-corrected chi connectivity index (χ0v) is 18.7. The van der Waals surface area contributed by atoms with E-state index in [0.717, 1.165) is 67.5 Å². The van der Waals surface area contributed by atoms with E-state index in [4.69, 9.17) is 9.97 Å². The Labute approximate surface area is 186 Å². The van der Waals surface area contributed by atoms with Crippen molar-refractivity contribution in [1.82, 2.24) is 25.2 Å². The molecule has 162 valence electrons. The Bertz CT molecular complexity index is 1080. The van der Waals surface area contributed by atoms with Crippen LogP contribution in [0.2, 0.25) is 0 Å². The Kier molecular flexibility index (Phi) is 5.82. The Morgan fingerprint density at radius 1 is 1.16 bits per heavy atom. The monoisotopic (exact) mass is 436 g/mol. The highest BCUT2D eigenvalue weighted by molar-refractivity contribution is 7.19. The van der Waals surface area contributed by atoms with Crippen molar-refractivity contribution >= 4 is 33.3 Å². The third kappa shape index (κ3) is 4.14. The van der Waals surface area contributed by atoms with Crippen molar-refractivity contribution in [3.05, 3.63) is 35.0 Å². The first-order valence-electron chi connectivity index (χ1n) is 11.2. The van der Waals surface area contributed by atoms with Crippen LogP contribution in [-0.4, -0.2) is 65.0 Å². The Balaban J connectivity index is 1.49. The molecule has 2 aliphatic rings. The number of carbonyl (C=O) groups is 1. The number of likely N-dealkylation sites (N-methyl/N-ethyl adjacent to an activating group) is 1. The van der Waals surface area contributed by atoms with Gasteiger partial charge in [-0.05, 0) is 50.3 Å². The average molecular weight is 437 g/mol. The number of carbonyl (C=O) groups excluding carboxylic acids is 1. The molecule has 1 aliphatic carbocycles. The highest BCUT2D eigenvalue weighted by atomic mass is 32.1. The fraction of sp³-hybridized carbons (Fsp3) is 0.478. The molecular formula is C23H28N6OS. The second-order valence-corrected chi connectivity index (χ2v) is 9.30. The van der Waals surface area contributed by atoms with Gasteiger partial charge in [0.2, 0.25) is 5.91 Å². The number of thiophene rings is 1. The quantitative estimate of drug-likeness (QED) is 0.663. The molecule has 1 fully saturated rings. The van der Waals surface area contributed by atoms with Crippen LogP contribution in [0.25, 0.3) is 21.6 Å². The molecule has 1 N–H and O–H groups in total. The number of aromatic nitrogens is 3. The van der Waals surface area contributed by atoms with Gasteiger partial charge in [0.25, 0.3) is 0 Å². The number of amides is 1. The van der Waals surface area contributed by atoms with Gasteiger partial charge in [-0.15, -0.1) is 11.3 Å². The van der Waals surface area contributed by atoms with Crippen LogP contribution in [0.3, 0.4) is 0 Å². The molecule has 0 aromatic carbocycles. The number of nitrogens with one attached hydrogen (secondary N) is 1. The molecule has 1 amide bonds. The highest BCUT2D eigenvalue weighted by Crippen LogP contribution is 2.41. The lowest BCUT2D eigenvalue weighted by Crippen LogP contribution is -2.39. The van der Waals surface area contributed by atoms with Crippen molar-refractivity contribution in [3.8, 4) is 11.4 Å². The van der Waals surface area contributed by atoms with Gasteiger partial charge in [-0.1, -0.05) is 0 Å². The minimum Gasteiger partial charge on any atom is -0.355 e. The molecule has 0 bridgehead atoms. The SMILES string of the molecule is CCNC(=O)CN1CCCN(c2nc(-c3cccnc3)nc3sc4c(c23)CCC4)CC1. The molecule has 0 unspecified atom stereocenters. The summed E-state index contributed by atoms with van der Waals surface area (Å²) in [5, 5.41) is 4.16. The molecule has 1 aliphatic heterocycles. The van der Waals surface area contributed by atoms with Crippen LogP contribution in [0.15, 0.2) is 24.5 Å². The third-order valence-electron chi connectivity index (χ3n) is 6.09. The summed E-state index contributed by atoms with van der Waals surface area (Å²) in [4.78, 5) is 33.6. The van der Waals surface area contributed by atoms with Gasteiger partial charge in [0, 0.05) is 55.6 Å². The Morgan fingerprint density at radius 2 is 2.10 bits per heavy atom. The minimum atomic E-state index is 0.106. The largest absolute Gasteiger partial charge is 0.355 e. The normalized spacial score (nSPS) is 17.0. The van der Waals surface area contributed by atoms with Gasteiger partial charge in [0.15, 0.2) is 5.82 Å². The lowest BCUT2D eigenvalue weighted by molar-refractivity contribution is -0.122. The van der Waals surface area contributed by atoms with Crippen molar-refractivity contribution in [1.29, 1.82) is 0 Å². The molecule has 0 radical (unpaired) electrons. The van der Waals surface area contributed by atoms with Gasteiger partial charge >= 0.3 is 0 Å². The van der Waals surface area contributed by atoms with E-state index in [9.17, 15) is 4.79 Å². The number of anilines is 1. The van der Waals surface area contributed by atoms with E-state index in [0.29, 0.717) is 13.1 Å². The molecule has 1 saturated heterocycles. The maximum atomic E-state index is 12.1. The second-order valence-electron chi connectivity index (χ2n) is 8.22. The van der Waals surface area contributed by atoms with Crippen molar-refractivity contribution in [3.63, 3.8) is 0 Å². The van der Waals surface area contributed by atoms with Gasteiger partial charge in [-0.3, -0.25) is 14.7 Å². The first-order chi connectivity index (χ1) is 15.2. The highest BCUT2D eigenvalue weighted by Gasteiger charge is 2.26. The second kappa shape index (κ2) is 8.88. The van der Waals surface area contributed by atoms with Crippen molar-refractivity contribution in [2.24, 2.45) is 0 Å². The van der Waals surface area contributed by atoms with E-state index in [1.807, 2.05) is 36.6 Å². The maximum absolute atomic E-state index is 12.1. The predicted octanol–water partition coefficient (Wildman–Crippen LogP) is 2.89. The number of rotatable bonds is 5. The number of hydrogen-bond donors (Lipinski definition) is 1. The van der Waals surface area contributed by atoms with Crippen LogP contribution in [0.5, 0.6) is 0 Å². The molecule has 5 rings (SSSR count). The molecule has 3 aromatic rings. The number of fused-ring (bicyclic) bond motifs is 3. The molecule has 8 heteroatoms. The molecule has 31 heavy (non-hydrogen) atoms. The van der Waals surface area contributed by atoms with Crippen LogP contribution < -0.4 is 10.2 Å². The average Bonchev–Trinajstić information content (AvgIpc) is 3.29. The number of hydrogen-bond acceptors (Lipinski definition) is 7. The lowest BCUT2D eigenvalue weighted by atomic mass is 10.1. The summed E-state index contributed by atoms with van der Waals surface area (Å²) >= 11 is 1.83. The van der Waals surface area contributed by atoms with Crippen molar-refractivity contribution in [2.75, 3.05) is 44.2 Å². The summed E-state index contributed by atoms with van der Waals surface area (Å²) < 4.78 is 0. The first kappa shape index (κ1) is 20.3. The van der Waals surface area contributed by atoms with Crippen LogP contribution in [0.1, 0.15) is 30.2 Å². The predicted molar refractivity (Wildman–Crippen MR) is 125 cm³/mol. The van der Waals surface area contributed by atoms with E-state index in [1.165, 1.54) is 22.2 Å². The number of pyridine rings is 1. The molecule has 0 saturated carbocycles. The van der Waals surface area contributed by atoms with Gasteiger partial charge < -0.3 is 10.2 Å². The van der Waals surface area contributed by atoms with E-state index < -0.39 is 0 Å². The van der Waals surface area contributed by atoms with Gasteiger partial charge in [-0.25, -0.2) is 9.97 Å². The van der Waals surface area contributed by atoms with Gasteiger partial charge in [-0.2, -0.15) is 0 Å². The van der Waals surface area contributed by atoms with E-state index >= 15 is 0 Å². The smallest absolute Gasteiger partial charge is 0.234 e. The molecule has 3 aromatic heterocycles. The number of aryl methyl sites for hydroxylation is 2. The summed E-state index contributed by atoms with van der Waals surface area (Å²) in [6.45, 7) is 6.70. The molecule has 7 nitrogen and oxygen atoms in total. The minimum absolute atomic E-state index is 0.106. The van der Waals surface area contributed by atoms with E-state index in [-0.39, 0.29) is 5.91 Å². The Hall–Kier alpha value is -2.58. The van der Waals surface area contributed by atoms with Crippen LogP contribution in [0, 0.1) is 0 Å². The van der Waals surface area contributed by atoms with Crippen molar-refractivity contribution < 1.29 is 4.79 Å². The zero-order valence-electron chi connectivity index (χ0n) is 17.9. The summed E-state index contributed by atoms with van der Waals surface area (Å²) in [5.74, 6) is 1.91. The van der Waals surface area contributed by atoms with Crippen LogP contribution in [0.4, 0.5) is 5.82 Å². The summed E-state index contributed by atoms with van der Waals surface area (Å²) in [6, 6.07) is 3.96. The number of nitrogens with zero attached hydrogens (tertiary/aromatic N) is 5. The molecule has 0 atom stereocenters. The first-order valence-corrected chi connectivity index (χ1v) is 12.0. The topological polar surface area (TPSA) is 74.2 Å². The van der Waals surface area contributed by atoms with Crippen molar-refractivity contribution in [2.45, 2.75) is 32.6 Å². The zero-order chi connectivity index (χ0) is 21.2. The fourth-order valence-electron chi connectivity index (χ4n) is 4.63. The molecule has 0 spiro atoms. The van der Waals surface area contributed by atoms with Crippen LogP contribution in [-0.2, 0) is 17.6 Å². The molecule has 4 heterocycles. The summed E-state index contributed by atoms with van der Waals surface area (Å²) in [6.07, 6.45) is 8.12. The van der Waals surface area contributed by atoms with Gasteiger partial charge in [0.05, 0.1) is 11.9 Å². The standard InChI is InChI=1S/C23H28N6OS/c1-2-25-19(30)15-28-10-5-11-29(13-12-28)22-20-17-7-3-8-18(17)31-23(20)27-21(26-22)16-6-4-9-24-14-16/h4,6,9,14H,2-3,5,7-8,10-13,15H2,1H3,(H,25,30). The third-order valence-corrected chi connectivity index (χ3v) is 7.28. The Morgan fingerprint density at radius 3 is 2.94 bits per heavy atom. The van der Waals surface area contributed by atoms with Gasteiger partial charge in [0.1, 0.15) is 10.6 Å². The fourth-order valence-corrected chi connectivity index (χ4v) is 5.88. The van der Waals surface area contributed by atoms with Crippen LogP contribution >= 0.6 is 11.3 Å². The molecular weight excluding hydrogens is 408 g/mol. The van der Waals surface area contributed by atoms with E-state index in [2.05, 4.69) is 20.1 Å². The lowest BCUT2D eigenvalue weighted by Gasteiger charge is -2.24. The summed E-state index contributed by atoms with van der Waals surface area (Å²) in [7, 11) is 0. The summed E-state index contributed by atoms with van der Waals surface area (Å²) in [5.41, 5.74) is 2.41. The maximum Gasteiger partial charge on any atom is 0.234 e. The van der Waals surface area contributed by atoms with E-state index in [1.54, 1.807) is 6.20 Å².